The predicted octanol–water partition coefficient (Wildman–Crippen LogP) is 3.14. The molecule has 3 heteroatoms. The van der Waals surface area contributed by atoms with Gasteiger partial charge in [-0.3, -0.25) is 0 Å². The summed E-state index contributed by atoms with van der Waals surface area (Å²) in [5.74, 6) is 1.41. The molecule has 0 spiro atoms. The lowest BCUT2D eigenvalue weighted by atomic mass is 10.3. The molecule has 0 radical (unpaired) electrons. The highest BCUT2D eigenvalue weighted by Gasteiger charge is 2.03. The maximum Gasteiger partial charge on any atom is 0.141 e. The zero-order valence-corrected chi connectivity index (χ0v) is 8.76. The van der Waals surface area contributed by atoms with Gasteiger partial charge >= 0.3 is 0 Å². The summed E-state index contributed by atoms with van der Waals surface area (Å²) in [6.07, 6.45) is 0.158. The Balaban J connectivity index is 2.86. The third kappa shape index (κ3) is 2.81. The van der Waals surface area contributed by atoms with E-state index in [9.17, 15) is 0 Å². The summed E-state index contributed by atoms with van der Waals surface area (Å²) in [6, 6.07) is 5.37. The second kappa shape index (κ2) is 4.38. The Hall–Kier alpha value is -0.890. The molecule has 0 aliphatic rings. The second-order valence-corrected chi connectivity index (χ2v) is 3.37. The minimum atomic E-state index is 0.158. The minimum Gasteiger partial charge on any atom is -0.495 e. The van der Waals surface area contributed by atoms with Crippen molar-refractivity contribution in [2.75, 3.05) is 7.11 Å². The van der Waals surface area contributed by atoms with Gasteiger partial charge in [0.2, 0.25) is 0 Å². The van der Waals surface area contributed by atoms with Gasteiger partial charge in [-0.2, -0.15) is 0 Å². The largest absolute Gasteiger partial charge is 0.495 e. The van der Waals surface area contributed by atoms with E-state index in [1.807, 2.05) is 19.9 Å². The Kier molecular flexibility index (Phi) is 3.43. The van der Waals surface area contributed by atoms with Crippen LogP contribution < -0.4 is 9.47 Å². The highest BCUT2D eigenvalue weighted by Crippen LogP contribution is 2.28. The van der Waals surface area contributed by atoms with Gasteiger partial charge in [0.15, 0.2) is 0 Å². The van der Waals surface area contributed by atoms with E-state index in [1.54, 1.807) is 19.2 Å². The first-order valence-corrected chi connectivity index (χ1v) is 4.51. The second-order valence-electron chi connectivity index (χ2n) is 2.96. The van der Waals surface area contributed by atoms with Gasteiger partial charge in [-0.15, -0.1) is 0 Å². The normalized spacial score (nSPS) is 10.2. The van der Waals surface area contributed by atoms with Crippen molar-refractivity contribution in [2.24, 2.45) is 0 Å². The van der Waals surface area contributed by atoms with Crippen LogP contribution in [0, 0.1) is 0 Å². The first-order chi connectivity index (χ1) is 6.13. The molecule has 0 aliphatic heterocycles. The zero-order valence-electron chi connectivity index (χ0n) is 8.00. The Morgan fingerprint density at radius 1 is 1.31 bits per heavy atom. The maximum atomic E-state index is 5.85. The molecule has 1 rings (SSSR count). The van der Waals surface area contributed by atoms with Gasteiger partial charge in [-0.1, -0.05) is 11.6 Å². The minimum absolute atomic E-state index is 0.158. The molecule has 0 atom stereocenters. The number of methoxy groups -OCH3 is 1. The van der Waals surface area contributed by atoms with Crippen LogP contribution in [0.2, 0.25) is 5.02 Å². The molecule has 13 heavy (non-hydrogen) atoms. The van der Waals surface area contributed by atoms with Crippen molar-refractivity contribution in [3.8, 4) is 11.5 Å². The summed E-state index contributed by atoms with van der Waals surface area (Å²) in [5.41, 5.74) is 0. The Morgan fingerprint density at radius 3 is 2.54 bits per heavy atom. The molecule has 72 valence electrons. The molecule has 0 aromatic heterocycles. The summed E-state index contributed by atoms with van der Waals surface area (Å²) >= 11 is 5.85. The fraction of sp³-hybridized carbons (Fsp3) is 0.400. The van der Waals surface area contributed by atoms with Crippen molar-refractivity contribution in [2.45, 2.75) is 20.0 Å². The molecule has 0 bridgehead atoms. The summed E-state index contributed by atoms with van der Waals surface area (Å²) < 4.78 is 10.5. The Bertz CT molecular complexity index is 284. The van der Waals surface area contributed by atoms with E-state index in [0.717, 1.165) is 5.75 Å². The van der Waals surface area contributed by atoms with Crippen LogP contribution in [0.25, 0.3) is 0 Å². The number of benzene rings is 1. The molecule has 0 N–H and O–H groups in total. The van der Waals surface area contributed by atoms with Crippen LogP contribution in [0.3, 0.4) is 0 Å². The van der Waals surface area contributed by atoms with E-state index in [-0.39, 0.29) is 6.10 Å². The fourth-order valence-corrected chi connectivity index (χ4v) is 1.18. The topological polar surface area (TPSA) is 18.5 Å². The van der Waals surface area contributed by atoms with E-state index in [1.165, 1.54) is 0 Å². The number of hydrogen-bond acceptors (Lipinski definition) is 2. The standard InChI is InChI=1S/C10H13ClO2/c1-7(2)13-8-4-5-9(11)10(6-8)12-3/h4-7H,1-3H3. The average molecular weight is 201 g/mol. The molecule has 0 heterocycles. The molecular weight excluding hydrogens is 188 g/mol. The van der Waals surface area contributed by atoms with Crippen LogP contribution in [-0.4, -0.2) is 13.2 Å². The maximum absolute atomic E-state index is 5.85. The van der Waals surface area contributed by atoms with Gasteiger partial charge in [0.25, 0.3) is 0 Å². The monoisotopic (exact) mass is 200 g/mol. The van der Waals surface area contributed by atoms with Gasteiger partial charge < -0.3 is 9.47 Å². The Morgan fingerprint density at radius 2 is 2.00 bits per heavy atom. The van der Waals surface area contributed by atoms with Crippen molar-refractivity contribution in [3.63, 3.8) is 0 Å². The van der Waals surface area contributed by atoms with Crippen molar-refractivity contribution < 1.29 is 9.47 Å². The van der Waals surface area contributed by atoms with Crippen molar-refractivity contribution in [1.29, 1.82) is 0 Å². The van der Waals surface area contributed by atoms with E-state index >= 15 is 0 Å². The van der Waals surface area contributed by atoms with Gasteiger partial charge in [0.1, 0.15) is 11.5 Å². The first kappa shape index (κ1) is 10.2. The number of rotatable bonds is 3. The van der Waals surface area contributed by atoms with Crippen molar-refractivity contribution >= 4 is 11.6 Å². The molecule has 0 unspecified atom stereocenters. The summed E-state index contributed by atoms with van der Waals surface area (Å²) in [4.78, 5) is 0. The van der Waals surface area contributed by atoms with Crippen LogP contribution in [0.1, 0.15) is 13.8 Å². The quantitative estimate of drug-likeness (QED) is 0.747. The molecule has 0 saturated carbocycles. The summed E-state index contributed by atoms with van der Waals surface area (Å²) in [6.45, 7) is 3.95. The smallest absolute Gasteiger partial charge is 0.141 e. The van der Waals surface area contributed by atoms with E-state index in [2.05, 4.69) is 0 Å². The first-order valence-electron chi connectivity index (χ1n) is 4.13. The molecule has 0 aliphatic carbocycles. The highest BCUT2D eigenvalue weighted by molar-refractivity contribution is 6.32. The average Bonchev–Trinajstić information content (AvgIpc) is 2.07. The van der Waals surface area contributed by atoms with Gasteiger partial charge in [-0.25, -0.2) is 0 Å². The van der Waals surface area contributed by atoms with E-state index in [0.29, 0.717) is 10.8 Å². The van der Waals surface area contributed by atoms with Crippen LogP contribution in [0.15, 0.2) is 18.2 Å². The van der Waals surface area contributed by atoms with Crippen LogP contribution in [-0.2, 0) is 0 Å². The van der Waals surface area contributed by atoms with Gasteiger partial charge in [0, 0.05) is 6.07 Å². The number of hydrogen-bond donors (Lipinski definition) is 0. The lowest BCUT2D eigenvalue weighted by molar-refractivity contribution is 0.241. The number of ether oxygens (including phenoxy) is 2. The lowest BCUT2D eigenvalue weighted by Crippen LogP contribution is -2.05. The van der Waals surface area contributed by atoms with Crippen molar-refractivity contribution in [3.05, 3.63) is 23.2 Å². The van der Waals surface area contributed by atoms with Crippen LogP contribution >= 0.6 is 11.6 Å². The summed E-state index contributed by atoms with van der Waals surface area (Å²) in [7, 11) is 1.58. The van der Waals surface area contributed by atoms with Gasteiger partial charge in [0.05, 0.1) is 18.2 Å². The lowest BCUT2D eigenvalue weighted by Gasteiger charge is -2.11. The molecule has 0 fully saturated rings. The third-order valence-corrected chi connectivity index (χ3v) is 1.81. The van der Waals surface area contributed by atoms with Crippen molar-refractivity contribution in [1.82, 2.24) is 0 Å². The molecule has 2 nitrogen and oxygen atoms in total. The third-order valence-electron chi connectivity index (χ3n) is 1.49. The molecule has 1 aromatic rings. The van der Waals surface area contributed by atoms with Gasteiger partial charge in [-0.05, 0) is 26.0 Å². The molecule has 0 saturated heterocycles. The van der Waals surface area contributed by atoms with Crippen LogP contribution in [0.5, 0.6) is 11.5 Å². The van der Waals surface area contributed by atoms with E-state index < -0.39 is 0 Å². The zero-order chi connectivity index (χ0) is 9.84. The predicted molar refractivity (Wildman–Crippen MR) is 53.8 cm³/mol. The fourth-order valence-electron chi connectivity index (χ4n) is 0.986. The molecule has 1 aromatic carbocycles. The van der Waals surface area contributed by atoms with E-state index in [4.69, 9.17) is 21.1 Å². The SMILES string of the molecule is COc1cc(OC(C)C)ccc1Cl. The molecular formula is C10H13ClO2. The van der Waals surface area contributed by atoms with Crippen LogP contribution in [0.4, 0.5) is 0 Å². The Labute approximate surface area is 83.4 Å². The number of halogens is 1. The highest BCUT2D eigenvalue weighted by atomic mass is 35.5. The summed E-state index contributed by atoms with van der Waals surface area (Å²) in [5, 5.41) is 0.596. The molecule has 0 amide bonds.